The highest BCUT2D eigenvalue weighted by atomic mass is 15.1. The molecule has 0 heterocycles. The van der Waals surface area contributed by atoms with E-state index in [1.165, 1.54) is 82.5 Å². The lowest BCUT2D eigenvalue weighted by atomic mass is 9.55. The van der Waals surface area contributed by atoms with Crippen LogP contribution in [0.15, 0.2) is 152 Å². The van der Waals surface area contributed by atoms with Crippen molar-refractivity contribution in [1.29, 1.82) is 0 Å². The predicted molar refractivity (Wildman–Crippen MR) is 197 cm³/mol. The molecule has 1 spiro atoms. The number of hydrogen-bond acceptors (Lipinski definition) is 1. The quantitative estimate of drug-likeness (QED) is 0.182. The van der Waals surface area contributed by atoms with Crippen LogP contribution in [0.5, 0.6) is 0 Å². The smallest absolute Gasteiger partial charge is 0.0465 e. The highest BCUT2D eigenvalue weighted by Gasteiger charge is 2.57. The highest BCUT2D eigenvalue weighted by molar-refractivity contribution is 5.87. The lowest BCUT2D eigenvalue weighted by molar-refractivity contribution is 0.144. The van der Waals surface area contributed by atoms with E-state index in [0.717, 1.165) is 5.92 Å². The van der Waals surface area contributed by atoms with Crippen molar-refractivity contribution in [3.8, 4) is 33.4 Å². The molecule has 0 aromatic heterocycles. The van der Waals surface area contributed by atoms with Crippen molar-refractivity contribution < 1.29 is 0 Å². The third-order valence-electron chi connectivity index (χ3n) is 11.8. The van der Waals surface area contributed by atoms with Gasteiger partial charge in [0.25, 0.3) is 0 Å². The van der Waals surface area contributed by atoms with Crippen molar-refractivity contribution in [1.82, 2.24) is 0 Å². The maximum atomic E-state index is 2.59. The van der Waals surface area contributed by atoms with E-state index < -0.39 is 0 Å². The summed E-state index contributed by atoms with van der Waals surface area (Å²) in [5.74, 6) is 2.29. The monoisotopic (exact) mass is 607 g/mol. The molecule has 2 saturated carbocycles. The Bertz CT molecular complexity index is 1940. The van der Waals surface area contributed by atoms with E-state index in [9.17, 15) is 0 Å². The first-order valence-electron chi connectivity index (χ1n) is 17.6. The Morgan fingerprint density at radius 2 is 1.04 bits per heavy atom. The number of benzene rings is 6. The van der Waals surface area contributed by atoms with E-state index in [0.29, 0.717) is 11.8 Å². The first-order chi connectivity index (χ1) is 23.2. The summed E-state index contributed by atoms with van der Waals surface area (Å²) in [4.78, 5) is 2.47. The van der Waals surface area contributed by atoms with Crippen LogP contribution in [0.2, 0.25) is 0 Å². The van der Waals surface area contributed by atoms with Crippen LogP contribution < -0.4 is 4.90 Å². The second-order valence-corrected chi connectivity index (χ2v) is 14.0. The zero-order valence-corrected chi connectivity index (χ0v) is 27.1. The van der Waals surface area contributed by atoms with Crippen molar-refractivity contribution in [2.75, 3.05) is 4.90 Å². The largest absolute Gasteiger partial charge is 0.310 e. The van der Waals surface area contributed by atoms with E-state index in [1.807, 2.05) is 0 Å². The average molecular weight is 608 g/mol. The van der Waals surface area contributed by atoms with Crippen molar-refractivity contribution in [2.24, 2.45) is 17.8 Å². The Morgan fingerprint density at radius 1 is 0.511 bits per heavy atom. The van der Waals surface area contributed by atoms with E-state index in [2.05, 4.69) is 163 Å². The molecule has 0 aliphatic heterocycles. The minimum absolute atomic E-state index is 0.101. The maximum absolute atomic E-state index is 2.59. The van der Waals surface area contributed by atoms with Crippen molar-refractivity contribution in [3.63, 3.8) is 0 Å². The molecule has 6 aromatic carbocycles. The van der Waals surface area contributed by atoms with Crippen LogP contribution in [-0.4, -0.2) is 0 Å². The molecule has 4 atom stereocenters. The van der Waals surface area contributed by atoms with Gasteiger partial charge < -0.3 is 4.90 Å². The summed E-state index contributed by atoms with van der Waals surface area (Å²) in [6.07, 6.45) is 6.71. The Morgan fingerprint density at radius 3 is 1.66 bits per heavy atom. The number of hydrogen-bond donors (Lipinski definition) is 0. The van der Waals surface area contributed by atoms with E-state index in [4.69, 9.17) is 0 Å². The van der Waals surface area contributed by atoms with Crippen molar-refractivity contribution in [3.05, 3.63) is 163 Å². The molecular weight excluding hydrogens is 567 g/mol. The number of rotatable bonds is 6. The Balaban J connectivity index is 1.21. The molecule has 9 rings (SSSR count). The lowest BCUT2D eigenvalue weighted by Gasteiger charge is -2.48. The molecule has 6 aromatic rings. The fraction of sp³-hybridized carbons (Fsp3) is 0.217. The summed E-state index contributed by atoms with van der Waals surface area (Å²) in [6.45, 7) is 2.44. The van der Waals surface area contributed by atoms with Gasteiger partial charge in [-0.3, -0.25) is 0 Å². The first kappa shape index (κ1) is 28.4. The number of anilines is 3. The van der Waals surface area contributed by atoms with Crippen LogP contribution in [-0.2, 0) is 5.41 Å². The summed E-state index contributed by atoms with van der Waals surface area (Å²) >= 11 is 0. The second-order valence-electron chi connectivity index (χ2n) is 14.0. The molecular formula is C46H41N. The molecule has 1 heteroatoms. The summed E-state index contributed by atoms with van der Waals surface area (Å²) in [6, 6.07) is 56.4. The molecule has 3 aliphatic rings. The van der Waals surface area contributed by atoms with Crippen LogP contribution >= 0.6 is 0 Å². The summed E-state index contributed by atoms with van der Waals surface area (Å²) in [5.41, 5.74) is 14.7. The molecule has 1 unspecified atom stereocenters. The van der Waals surface area contributed by atoms with Gasteiger partial charge in [0.2, 0.25) is 0 Å². The van der Waals surface area contributed by atoms with Crippen molar-refractivity contribution in [2.45, 2.75) is 44.4 Å². The Kier molecular flexibility index (Phi) is 6.89. The summed E-state index contributed by atoms with van der Waals surface area (Å²) < 4.78 is 0. The van der Waals surface area contributed by atoms with Gasteiger partial charge in [-0.1, -0.05) is 135 Å². The lowest BCUT2D eigenvalue weighted by Crippen LogP contribution is -2.44. The van der Waals surface area contributed by atoms with Gasteiger partial charge in [-0.15, -0.1) is 0 Å². The highest BCUT2D eigenvalue weighted by Crippen LogP contribution is 2.66. The molecule has 0 amide bonds. The minimum Gasteiger partial charge on any atom is -0.310 e. The Hall–Kier alpha value is -4.88. The average Bonchev–Trinajstić information content (AvgIpc) is 3.68. The summed E-state index contributed by atoms with van der Waals surface area (Å²) in [7, 11) is 0. The predicted octanol–water partition coefficient (Wildman–Crippen LogP) is 12.6. The van der Waals surface area contributed by atoms with Crippen LogP contribution in [0, 0.1) is 17.8 Å². The zero-order valence-electron chi connectivity index (χ0n) is 27.1. The number of fused-ring (bicyclic) bond motifs is 8. The van der Waals surface area contributed by atoms with E-state index in [1.54, 1.807) is 11.1 Å². The van der Waals surface area contributed by atoms with E-state index in [-0.39, 0.29) is 5.41 Å². The molecule has 3 aliphatic carbocycles. The number of nitrogens with zero attached hydrogens (tertiary/aromatic N) is 1. The third-order valence-corrected chi connectivity index (χ3v) is 11.8. The van der Waals surface area contributed by atoms with Gasteiger partial charge in [0.15, 0.2) is 0 Å². The molecule has 0 radical (unpaired) electrons. The van der Waals surface area contributed by atoms with Gasteiger partial charge in [-0.2, -0.15) is 0 Å². The molecule has 2 fully saturated rings. The van der Waals surface area contributed by atoms with E-state index >= 15 is 0 Å². The SMILES string of the molecule is CC[C@@H]1C[C@@H]2CC[C@@H](C2)C12c1ccccc1-c1ccc(N(c3ccc(-c4ccccc4)cc3)c3ccc(-c4ccccc4)cc3)cc12. The third kappa shape index (κ3) is 4.51. The molecule has 47 heavy (non-hydrogen) atoms. The van der Waals surface area contributed by atoms with Gasteiger partial charge in [0, 0.05) is 22.5 Å². The van der Waals surface area contributed by atoms with Crippen LogP contribution in [0.4, 0.5) is 17.1 Å². The van der Waals surface area contributed by atoms with Crippen molar-refractivity contribution >= 4 is 17.1 Å². The fourth-order valence-electron chi connectivity index (χ4n) is 9.78. The van der Waals surface area contributed by atoms with Gasteiger partial charge in [-0.25, -0.2) is 0 Å². The second kappa shape index (κ2) is 11.4. The standard InChI is InChI=1S/C46H41N/c1-2-37-29-32-17-22-38(30-32)46(37)44-16-10-9-15-42(44)43-28-27-41(31-45(43)46)47(39-23-18-35(19-24-39)33-11-5-3-6-12-33)40-25-20-36(21-26-40)34-13-7-4-8-14-34/h3-16,18-21,23-28,31-32,37-38H,2,17,22,29-30H2,1H3/t32-,37+,38-,46?/m0/s1. The van der Waals surface area contributed by atoms with Crippen LogP contribution in [0.25, 0.3) is 33.4 Å². The Labute approximate surface area is 279 Å². The molecule has 2 bridgehead atoms. The fourth-order valence-corrected chi connectivity index (χ4v) is 9.78. The zero-order chi connectivity index (χ0) is 31.4. The maximum Gasteiger partial charge on any atom is 0.0465 e. The van der Waals surface area contributed by atoms with Gasteiger partial charge in [0.05, 0.1) is 0 Å². The molecule has 0 N–H and O–H groups in total. The summed E-state index contributed by atoms with van der Waals surface area (Å²) in [5, 5.41) is 0. The topological polar surface area (TPSA) is 3.24 Å². The van der Waals surface area contributed by atoms with Gasteiger partial charge in [-0.05, 0) is 118 Å². The molecule has 0 saturated heterocycles. The van der Waals surface area contributed by atoms with Gasteiger partial charge in [0.1, 0.15) is 0 Å². The molecule has 230 valence electrons. The normalized spacial score (nSPS) is 22.2. The first-order valence-corrected chi connectivity index (χ1v) is 17.6. The van der Waals surface area contributed by atoms with Gasteiger partial charge >= 0.3 is 0 Å². The minimum atomic E-state index is 0.101. The molecule has 1 nitrogen and oxygen atoms in total. The van der Waals surface area contributed by atoms with Crippen LogP contribution in [0.3, 0.4) is 0 Å². The van der Waals surface area contributed by atoms with Crippen LogP contribution in [0.1, 0.15) is 50.2 Å².